The maximum absolute atomic E-state index is 13.0. The molecule has 0 bridgehead atoms. The number of amides is 1. The first kappa shape index (κ1) is 20.2. The Morgan fingerprint density at radius 2 is 1.45 bits per heavy atom. The molecule has 0 spiro atoms. The Kier molecular flexibility index (Phi) is 5.67. The predicted octanol–water partition coefficient (Wildman–Crippen LogP) is 5.34. The Morgan fingerprint density at radius 1 is 0.742 bits per heavy atom. The Balaban J connectivity index is 1.57. The van der Waals surface area contributed by atoms with E-state index in [4.69, 9.17) is 9.47 Å². The zero-order chi connectivity index (χ0) is 21.8. The van der Waals surface area contributed by atoms with Crippen LogP contribution in [0.3, 0.4) is 0 Å². The minimum atomic E-state index is -0.241. The molecule has 4 rings (SSSR count). The van der Waals surface area contributed by atoms with E-state index < -0.39 is 0 Å². The predicted molar refractivity (Wildman–Crippen MR) is 121 cm³/mol. The molecule has 0 unspecified atom stereocenters. The number of hydrogen-bond donors (Lipinski definition) is 1. The number of hydrogen-bond acceptors (Lipinski definition) is 4. The van der Waals surface area contributed by atoms with Gasteiger partial charge in [-0.15, -0.1) is 0 Å². The van der Waals surface area contributed by atoms with Crippen LogP contribution in [0.25, 0.3) is 10.8 Å². The van der Waals surface area contributed by atoms with Crippen LogP contribution in [0, 0.1) is 0 Å². The zero-order valence-electron chi connectivity index (χ0n) is 17.2. The molecule has 5 nitrogen and oxygen atoms in total. The number of anilines is 1. The van der Waals surface area contributed by atoms with Crippen molar-refractivity contribution >= 4 is 28.2 Å². The Hall–Kier alpha value is -4.12. The van der Waals surface area contributed by atoms with Crippen LogP contribution in [-0.4, -0.2) is 25.9 Å². The first-order valence-corrected chi connectivity index (χ1v) is 9.76. The molecular weight excluding hydrogens is 390 g/mol. The van der Waals surface area contributed by atoms with E-state index in [0.717, 1.165) is 16.5 Å². The number of ether oxygens (including phenoxy) is 2. The van der Waals surface area contributed by atoms with Crippen LogP contribution in [0.4, 0.5) is 5.69 Å². The summed E-state index contributed by atoms with van der Waals surface area (Å²) in [5.74, 6) is 0.574. The molecule has 154 valence electrons. The summed E-state index contributed by atoms with van der Waals surface area (Å²) in [6.45, 7) is 0. The van der Waals surface area contributed by atoms with Gasteiger partial charge >= 0.3 is 0 Å². The normalized spacial score (nSPS) is 10.5. The Bertz CT molecular complexity index is 1260. The van der Waals surface area contributed by atoms with Crippen molar-refractivity contribution in [3.8, 4) is 11.5 Å². The molecule has 31 heavy (non-hydrogen) atoms. The van der Waals surface area contributed by atoms with Crippen LogP contribution in [0.15, 0.2) is 84.9 Å². The summed E-state index contributed by atoms with van der Waals surface area (Å²) in [5.41, 5.74) is 2.05. The van der Waals surface area contributed by atoms with Crippen LogP contribution in [-0.2, 0) is 0 Å². The summed E-state index contributed by atoms with van der Waals surface area (Å²) in [5, 5.41) is 4.97. The molecule has 0 heterocycles. The first-order valence-electron chi connectivity index (χ1n) is 9.76. The highest BCUT2D eigenvalue weighted by atomic mass is 16.5. The molecule has 0 aliphatic heterocycles. The van der Waals surface area contributed by atoms with Gasteiger partial charge < -0.3 is 14.8 Å². The maximum atomic E-state index is 13.0. The van der Waals surface area contributed by atoms with E-state index in [2.05, 4.69) is 5.32 Å². The molecular formula is C26H21NO4. The monoisotopic (exact) mass is 411 g/mol. The summed E-state index contributed by atoms with van der Waals surface area (Å²) < 4.78 is 10.5. The number of nitrogens with one attached hydrogen (secondary N) is 1. The van der Waals surface area contributed by atoms with Gasteiger partial charge in [0.25, 0.3) is 5.91 Å². The average Bonchev–Trinajstić information content (AvgIpc) is 2.83. The van der Waals surface area contributed by atoms with E-state index in [1.165, 1.54) is 7.11 Å². The maximum Gasteiger partial charge on any atom is 0.255 e. The second-order valence-electron chi connectivity index (χ2n) is 6.95. The first-order chi connectivity index (χ1) is 15.1. The summed E-state index contributed by atoms with van der Waals surface area (Å²) in [6.07, 6.45) is 0. The third kappa shape index (κ3) is 4.12. The van der Waals surface area contributed by atoms with Crippen LogP contribution in [0.1, 0.15) is 26.3 Å². The highest BCUT2D eigenvalue weighted by molar-refractivity contribution is 6.12. The largest absolute Gasteiger partial charge is 0.497 e. The number of benzene rings is 4. The fraction of sp³-hybridized carbons (Fsp3) is 0.0769. The fourth-order valence-electron chi connectivity index (χ4n) is 3.45. The molecule has 4 aromatic carbocycles. The molecule has 0 fully saturated rings. The minimum absolute atomic E-state index is 0.211. The van der Waals surface area contributed by atoms with E-state index in [1.807, 2.05) is 42.5 Å². The molecule has 0 aliphatic carbocycles. The van der Waals surface area contributed by atoms with Crippen molar-refractivity contribution in [2.45, 2.75) is 0 Å². The van der Waals surface area contributed by atoms with E-state index in [1.54, 1.807) is 49.6 Å². The fourth-order valence-corrected chi connectivity index (χ4v) is 3.45. The summed E-state index contributed by atoms with van der Waals surface area (Å²) in [6, 6.07) is 25.3. The highest BCUT2D eigenvalue weighted by Crippen LogP contribution is 2.27. The standard InChI is InChI=1S/C26H21NO4/c1-30-20-14-15-24(31-2)22(16-20)25(28)18-10-12-19(13-11-18)26(29)27-23-9-5-7-17-6-3-4-8-21(17)23/h3-16H,1-2H3,(H,27,29). The topological polar surface area (TPSA) is 64.6 Å². The van der Waals surface area contributed by atoms with Gasteiger partial charge in [-0.1, -0.05) is 48.5 Å². The molecule has 0 aromatic heterocycles. The van der Waals surface area contributed by atoms with E-state index >= 15 is 0 Å². The number of carbonyl (C=O) groups is 2. The molecule has 0 radical (unpaired) electrons. The summed E-state index contributed by atoms with van der Waals surface area (Å²) in [7, 11) is 3.05. The lowest BCUT2D eigenvalue weighted by molar-refractivity contribution is 0.101. The van der Waals surface area contributed by atoms with Gasteiger partial charge in [0.2, 0.25) is 0 Å². The SMILES string of the molecule is COc1ccc(OC)c(C(=O)c2ccc(C(=O)Nc3cccc4ccccc34)cc2)c1. The van der Waals surface area contributed by atoms with Crippen molar-refractivity contribution < 1.29 is 19.1 Å². The molecule has 0 saturated carbocycles. The van der Waals surface area contributed by atoms with Crippen LogP contribution in [0.5, 0.6) is 11.5 Å². The van der Waals surface area contributed by atoms with Crippen molar-refractivity contribution in [2.75, 3.05) is 19.5 Å². The molecule has 0 atom stereocenters. The number of rotatable bonds is 6. The van der Waals surface area contributed by atoms with Crippen LogP contribution < -0.4 is 14.8 Å². The Morgan fingerprint density at radius 3 is 2.19 bits per heavy atom. The van der Waals surface area contributed by atoms with Gasteiger partial charge in [-0.2, -0.15) is 0 Å². The zero-order valence-corrected chi connectivity index (χ0v) is 17.2. The van der Waals surface area contributed by atoms with E-state index in [9.17, 15) is 9.59 Å². The highest BCUT2D eigenvalue weighted by Gasteiger charge is 2.17. The van der Waals surface area contributed by atoms with Crippen LogP contribution in [0.2, 0.25) is 0 Å². The molecule has 0 saturated heterocycles. The molecule has 1 N–H and O–H groups in total. The minimum Gasteiger partial charge on any atom is -0.497 e. The number of methoxy groups -OCH3 is 2. The third-order valence-electron chi connectivity index (χ3n) is 5.10. The van der Waals surface area contributed by atoms with Crippen molar-refractivity contribution in [3.05, 3.63) is 102 Å². The van der Waals surface area contributed by atoms with Crippen molar-refractivity contribution in [2.24, 2.45) is 0 Å². The lowest BCUT2D eigenvalue weighted by Gasteiger charge is -2.11. The summed E-state index contributed by atoms with van der Waals surface area (Å²) >= 11 is 0. The molecule has 5 heteroatoms. The van der Waals surface area contributed by atoms with Gasteiger partial charge in [-0.05, 0) is 41.8 Å². The number of ketones is 1. The quantitative estimate of drug-likeness (QED) is 0.435. The number of carbonyl (C=O) groups excluding carboxylic acids is 2. The van der Waals surface area contributed by atoms with Crippen LogP contribution >= 0.6 is 0 Å². The van der Waals surface area contributed by atoms with Gasteiger partial charge in [-0.3, -0.25) is 9.59 Å². The second-order valence-corrected chi connectivity index (χ2v) is 6.95. The average molecular weight is 411 g/mol. The van der Waals surface area contributed by atoms with Gasteiger partial charge in [0, 0.05) is 22.2 Å². The molecule has 4 aromatic rings. The van der Waals surface area contributed by atoms with Gasteiger partial charge in [0.15, 0.2) is 5.78 Å². The summed E-state index contributed by atoms with van der Waals surface area (Å²) in [4.78, 5) is 25.7. The molecule has 0 aliphatic rings. The van der Waals surface area contributed by atoms with Crippen molar-refractivity contribution in [3.63, 3.8) is 0 Å². The Labute approximate surface area is 180 Å². The van der Waals surface area contributed by atoms with Crippen molar-refractivity contribution in [1.82, 2.24) is 0 Å². The molecule has 1 amide bonds. The van der Waals surface area contributed by atoms with Crippen molar-refractivity contribution in [1.29, 1.82) is 0 Å². The van der Waals surface area contributed by atoms with Gasteiger partial charge in [-0.25, -0.2) is 0 Å². The van der Waals surface area contributed by atoms with E-state index in [-0.39, 0.29) is 11.7 Å². The van der Waals surface area contributed by atoms with Gasteiger partial charge in [0.05, 0.1) is 19.8 Å². The smallest absolute Gasteiger partial charge is 0.255 e. The number of fused-ring (bicyclic) bond motifs is 1. The van der Waals surface area contributed by atoms with Gasteiger partial charge in [0.1, 0.15) is 11.5 Å². The lowest BCUT2D eigenvalue weighted by Crippen LogP contribution is -2.12. The lowest BCUT2D eigenvalue weighted by atomic mass is 10.0. The third-order valence-corrected chi connectivity index (χ3v) is 5.10. The second kappa shape index (κ2) is 8.71. The van der Waals surface area contributed by atoms with E-state index in [0.29, 0.717) is 28.2 Å².